The molecule has 0 saturated carbocycles. The molecule has 0 aliphatic carbocycles. The lowest BCUT2D eigenvalue weighted by Crippen LogP contribution is -1.99. The monoisotopic (exact) mass is 247 g/mol. The summed E-state index contributed by atoms with van der Waals surface area (Å²) < 4.78 is 7.56. The second-order valence-corrected chi connectivity index (χ2v) is 4.30. The van der Waals surface area contributed by atoms with Gasteiger partial charge in [0.2, 0.25) is 5.88 Å². The van der Waals surface area contributed by atoms with Crippen LogP contribution in [0.15, 0.2) is 18.3 Å². The zero-order chi connectivity index (χ0) is 13.3. The van der Waals surface area contributed by atoms with Crippen LogP contribution < -0.4 is 4.74 Å². The van der Waals surface area contributed by atoms with Gasteiger partial charge in [0, 0.05) is 18.8 Å². The minimum Gasteiger partial charge on any atom is -0.435 e. The summed E-state index contributed by atoms with van der Waals surface area (Å²) in [5, 5.41) is 14.0. The fraction of sp³-hybridized carbons (Fsp3) is 0.385. The van der Waals surface area contributed by atoms with Gasteiger partial charge in [0.05, 0.1) is 11.8 Å². The second-order valence-electron chi connectivity index (χ2n) is 4.30. The molecule has 2 rings (SSSR count). The number of pyridine rings is 1. The quantitative estimate of drug-likeness (QED) is 0.904. The second kappa shape index (κ2) is 4.78. The molecule has 2 heterocycles. The van der Waals surface area contributed by atoms with E-state index in [0.717, 1.165) is 11.4 Å². The van der Waals surface area contributed by atoms with Crippen molar-refractivity contribution in [3.63, 3.8) is 0 Å². The van der Waals surface area contributed by atoms with Crippen LogP contribution in [0, 0.1) is 13.8 Å². The fourth-order valence-corrected chi connectivity index (χ4v) is 1.81. The van der Waals surface area contributed by atoms with Crippen molar-refractivity contribution in [1.29, 1.82) is 0 Å². The Morgan fingerprint density at radius 2 is 2.11 bits per heavy atom. The van der Waals surface area contributed by atoms with E-state index in [4.69, 9.17) is 4.74 Å². The van der Waals surface area contributed by atoms with Crippen molar-refractivity contribution in [3.8, 4) is 11.6 Å². The Kier molecular flexibility index (Phi) is 3.34. The van der Waals surface area contributed by atoms with Crippen LogP contribution in [0.3, 0.4) is 0 Å². The van der Waals surface area contributed by atoms with Crippen LogP contribution in [0.4, 0.5) is 0 Å². The molecule has 0 amide bonds. The zero-order valence-corrected chi connectivity index (χ0v) is 11.0. The summed E-state index contributed by atoms with van der Waals surface area (Å²) in [7, 11) is 1.86. The van der Waals surface area contributed by atoms with Crippen LogP contribution in [-0.2, 0) is 7.05 Å². The van der Waals surface area contributed by atoms with Gasteiger partial charge < -0.3 is 9.84 Å². The van der Waals surface area contributed by atoms with Crippen LogP contribution in [0.2, 0.25) is 0 Å². The van der Waals surface area contributed by atoms with Crippen LogP contribution in [0.25, 0.3) is 0 Å². The normalized spacial score (nSPS) is 12.5. The fourth-order valence-electron chi connectivity index (χ4n) is 1.81. The first-order valence-corrected chi connectivity index (χ1v) is 5.81. The summed E-state index contributed by atoms with van der Waals surface area (Å²) >= 11 is 0. The Labute approximate surface area is 106 Å². The van der Waals surface area contributed by atoms with Gasteiger partial charge in [0.1, 0.15) is 5.69 Å². The number of ether oxygens (including phenoxy) is 1. The molecule has 0 spiro atoms. The highest BCUT2D eigenvalue weighted by Crippen LogP contribution is 2.30. The summed E-state index contributed by atoms with van der Waals surface area (Å²) in [6.45, 7) is 5.50. The third kappa shape index (κ3) is 2.22. The molecule has 0 aliphatic rings. The van der Waals surface area contributed by atoms with E-state index in [1.165, 1.54) is 0 Å². The maximum Gasteiger partial charge on any atom is 0.225 e. The first-order valence-electron chi connectivity index (χ1n) is 5.81. The summed E-state index contributed by atoms with van der Waals surface area (Å²) in [4.78, 5) is 4.17. The number of aryl methyl sites for hydroxylation is 2. The SMILES string of the molecule is Cc1nn(C)c(C)c1Oc1ncccc1[C@H](C)O. The molecule has 0 aliphatic heterocycles. The standard InChI is InChI=1S/C13H17N3O2/c1-8-12(9(2)16(4)15-8)18-13-11(10(3)17)6-5-7-14-13/h5-7,10,17H,1-4H3/t10-/m0/s1. The summed E-state index contributed by atoms with van der Waals surface area (Å²) in [5.41, 5.74) is 2.40. The Morgan fingerprint density at radius 1 is 1.39 bits per heavy atom. The van der Waals surface area contributed by atoms with Crippen LogP contribution in [-0.4, -0.2) is 19.9 Å². The number of aliphatic hydroxyl groups is 1. The molecule has 96 valence electrons. The van der Waals surface area contributed by atoms with E-state index in [-0.39, 0.29) is 0 Å². The number of aromatic nitrogens is 3. The van der Waals surface area contributed by atoms with Gasteiger partial charge >= 0.3 is 0 Å². The minimum absolute atomic E-state index is 0.423. The van der Waals surface area contributed by atoms with E-state index in [0.29, 0.717) is 17.2 Å². The van der Waals surface area contributed by atoms with Crippen molar-refractivity contribution in [2.24, 2.45) is 7.05 Å². The van der Waals surface area contributed by atoms with Crippen molar-refractivity contribution in [3.05, 3.63) is 35.3 Å². The number of hydrogen-bond donors (Lipinski definition) is 1. The predicted octanol–water partition coefficient (Wildman–Crippen LogP) is 2.28. The molecule has 1 N–H and O–H groups in total. The molecule has 0 bridgehead atoms. The molecular formula is C13H17N3O2. The Balaban J connectivity index is 2.40. The Bertz CT molecular complexity index is 561. The zero-order valence-electron chi connectivity index (χ0n) is 11.0. The van der Waals surface area contributed by atoms with E-state index < -0.39 is 6.10 Å². The Hall–Kier alpha value is -1.88. The predicted molar refractivity (Wildman–Crippen MR) is 67.6 cm³/mol. The molecule has 0 unspecified atom stereocenters. The lowest BCUT2D eigenvalue weighted by Gasteiger charge is -2.11. The molecule has 5 heteroatoms. The number of aliphatic hydroxyl groups excluding tert-OH is 1. The Morgan fingerprint density at radius 3 is 2.67 bits per heavy atom. The van der Waals surface area contributed by atoms with E-state index in [9.17, 15) is 5.11 Å². The van der Waals surface area contributed by atoms with Gasteiger partial charge in [0.15, 0.2) is 5.75 Å². The van der Waals surface area contributed by atoms with E-state index in [1.54, 1.807) is 29.9 Å². The number of hydrogen-bond acceptors (Lipinski definition) is 4. The lowest BCUT2D eigenvalue weighted by molar-refractivity contribution is 0.194. The van der Waals surface area contributed by atoms with Crippen molar-refractivity contribution < 1.29 is 9.84 Å². The minimum atomic E-state index is -0.619. The molecule has 2 aromatic heterocycles. The highest BCUT2D eigenvalue weighted by Gasteiger charge is 2.16. The molecular weight excluding hydrogens is 230 g/mol. The van der Waals surface area contributed by atoms with Crippen molar-refractivity contribution in [1.82, 2.24) is 14.8 Å². The van der Waals surface area contributed by atoms with Crippen molar-refractivity contribution in [2.75, 3.05) is 0 Å². The van der Waals surface area contributed by atoms with Crippen molar-refractivity contribution >= 4 is 0 Å². The van der Waals surface area contributed by atoms with E-state index in [1.807, 2.05) is 20.9 Å². The van der Waals surface area contributed by atoms with Crippen LogP contribution >= 0.6 is 0 Å². The molecule has 0 aromatic carbocycles. The summed E-state index contributed by atoms with van der Waals surface area (Å²) in [5.74, 6) is 1.12. The molecule has 0 fully saturated rings. The maximum atomic E-state index is 9.69. The number of nitrogens with zero attached hydrogens (tertiary/aromatic N) is 3. The third-order valence-corrected chi connectivity index (χ3v) is 2.89. The van der Waals surface area contributed by atoms with Gasteiger partial charge in [-0.05, 0) is 32.9 Å². The third-order valence-electron chi connectivity index (χ3n) is 2.89. The first-order chi connectivity index (χ1) is 8.50. The van der Waals surface area contributed by atoms with Crippen LogP contribution in [0.1, 0.15) is 30.0 Å². The average molecular weight is 247 g/mol. The van der Waals surface area contributed by atoms with Gasteiger partial charge in [-0.25, -0.2) is 4.98 Å². The summed E-state index contributed by atoms with van der Waals surface area (Å²) in [6, 6.07) is 3.58. The van der Waals surface area contributed by atoms with E-state index >= 15 is 0 Å². The molecule has 18 heavy (non-hydrogen) atoms. The van der Waals surface area contributed by atoms with Gasteiger partial charge in [-0.2, -0.15) is 5.10 Å². The van der Waals surface area contributed by atoms with E-state index in [2.05, 4.69) is 10.1 Å². The maximum absolute atomic E-state index is 9.69. The molecule has 5 nitrogen and oxygen atoms in total. The largest absolute Gasteiger partial charge is 0.435 e. The van der Waals surface area contributed by atoms with Gasteiger partial charge in [0.25, 0.3) is 0 Å². The average Bonchev–Trinajstić information content (AvgIpc) is 2.56. The molecule has 0 radical (unpaired) electrons. The molecule has 0 saturated heterocycles. The topological polar surface area (TPSA) is 60.2 Å². The lowest BCUT2D eigenvalue weighted by atomic mass is 10.2. The van der Waals surface area contributed by atoms with Crippen LogP contribution in [0.5, 0.6) is 11.6 Å². The first kappa shape index (κ1) is 12.6. The van der Waals surface area contributed by atoms with Gasteiger partial charge in [-0.3, -0.25) is 4.68 Å². The van der Waals surface area contributed by atoms with Crippen molar-refractivity contribution in [2.45, 2.75) is 26.9 Å². The number of rotatable bonds is 3. The highest BCUT2D eigenvalue weighted by molar-refractivity contribution is 5.38. The molecule has 1 atom stereocenters. The highest BCUT2D eigenvalue weighted by atomic mass is 16.5. The molecule has 2 aromatic rings. The smallest absolute Gasteiger partial charge is 0.225 e. The van der Waals surface area contributed by atoms with Gasteiger partial charge in [-0.1, -0.05) is 0 Å². The van der Waals surface area contributed by atoms with Gasteiger partial charge in [-0.15, -0.1) is 0 Å². The summed E-state index contributed by atoms with van der Waals surface area (Å²) in [6.07, 6.45) is 1.02.